The lowest BCUT2D eigenvalue weighted by Crippen LogP contribution is -2.49. The number of hydrogen-bond donors (Lipinski definition) is 1. The van der Waals surface area contributed by atoms with Crippen molar-refractivity contribution >= 4 is 21.7 Å². The molecule has 1 unspecified atom stereocenters. The fourth-order valence-corrected chi connectivity index (χ4v) is 4.56. The van der Waals surface area contributed by atoms with Crippen LogP contribution in [0.25, 0.3) is 0 Å². The van der Waals surface area contributed by atoms with E-state index in [1.54, 1.807) is 0 Å². The highest BCUT2D eigenvalue weighted by Gasteiger charge is 2.42. The predicted molar refractivity (Wildman–Crippen MR) is 63.8 cm³/mol. The van der Waals surface area contributed by atoms with E-state index in [4.69, 9.17) is 5.11 Å². The molecule has 6 nitrogen and oxygen atoms in total. The number of rotatable bonds is 2. The van der Waals surface area contributed by atoms with E-state index in [0.29, 0.717) is 38.6 Å². The highest BCUT2D eigenvalue weighted by Crippen LogP contribution is 2.25. The van der Waals surface area contributed by atoms with E-state index in [2.05, 4.69) is 0 Å². The zero-order chi connectivity index (χ0) is 13.3. The molecule has 2 saturated heterocycles. The maximum absolute atomic E-state index is 12.2. The van der Waals surface area contributed by atoms with E-state index in [-0.39, 0.29) is 5.75 Å². The van der Waals surface area contributed by atoms with Gasteiger partial charge in [0, 0.05) is 6.54 Å². The third-order valence-electron chi connectivity index (χ3n) is 3.68. The zero-order valence-corrected chi connectivity index (χ0v) is 10.9. The molecule has 0 spiro atoms. The lowest BCUT2D eigenvalue weighted by Gasteiger charge is -2.28. The first-order valence-electron chi connectivity index (χ1n) is 6.18. The molecule has 102 valence electrons. The standard InChI is InChI=1S/C11H17NO5S/c13-10(9-5-1-2-7-18(9,16)17)12-6-3-4-8(12)11(14)15/h8-9H,1-7H2,(H,14,15)/t8-,9?/m1/s1. The van der Waals surface area contributed by atoms with E-state index in [9.17, 15) is 18.0 Å². The molecular formula is C11H17NO5S. The number of sulfone groups is 1. The van der Waals surface area contributed by atoms with Crippen LogP contribution in [-0.4, -0.2) is 53.9 Å². The lowest BCUT2D eigenvalue weighted by molar-refractivity contribution is -0.148. The molecule has 1 N–H and O–H groups in total. The van der Waals surface area contributed by atoms with Crippen molar-refractivity contribution in [2.24, 2.45) is 0 Å². The molecule has 18 heavy (non-hydrogen) atoms. The summed E-state index contributed by atoms with van der Waals surface area (Å²) in [6.45, 7) is 0.349. The molecule has 2 rings (SSSR count). The molecule has 2 atom stereocenters. The van der Waals surface area contributed by atoms with Gasteiger partial charge in [-0.15, -0.1) is 0 Å². The van der Waals surface area contributed by atoms with Gasteiger partial charge in [-0.2, -0.15) is 0 Å². The smallest absolute Gasteiger partial charge is 0.326 e. The lowest BCUT2D eigenvalue weighted by atomic mass is 10.1. The Kier molecular flexibility index (Phi) is 3.61. The summed E-state index contributed by atoms with van der Waals surface area (Å²) < 4.78 is 23.7. The summed E-state index contributed by atoms with van der Waals surface area (Å²) in [5, 5.41) is 8.00. The number of amides is 1. The van der Waals surface area contributed by atoms with Gasteiger partial charge < -0.3 is 10.0 Å². The summed E-state index contributed by atoms with van der Waals surface area (Å²) in [6, 6.07) is -0.852. The van der Waals surface area contributed by atoms with Crippen LogP contribution in [0.1, 0.15) is 32.1 Å². The maximum Gasteiger partial charge on any atom is 0.326 e. The van der Waals surface area contributed by atoms with Crippen LogP contribution < -0.4 is 0 Å². The SMILES string of the molecule is O=C(O)[C@H]1CCCN1C(=O)C1CCCCS1(=O)=O. The first-order valence-corrected chi connectivity index (χ1v) is 7.90. The summed E-state index contributed by atoms with van der Waals surface area (Å²) in [5.41, 5.74) is 0. The van der Waals surface area contributed by atoms with Gasteiger partial charge >= 0.3 is 5.97 Å². The topological polar surface area (TPSA) is 91.8 Å². The van der Waals surface area contributed by atoms with Crippen LogP contribution >= 0.6 is 0 Å². The van der Waals surface area contributed by atoms with E-state index in [0.717, 1.165) is 0 Å². The minimum atomic E-state index is -3.39. The van der Waals surface area contributed by atoms with Crippen molar-refractivity contribution in [1.29, 1.82) is 0 Å². The first kappa shape index (κ1) is 13.3. The molecule has 0 aromatic heterocycles. The highest BCUT2D eigenvalue weighted by atomic mass is 32.2. The average molecular weight is 275 g/mol. The zero-order valence-electron chi connectivity index (χ0n) is 10.0. The van der Waals surface area contributed by atoms with Gasteiger partial charge in [-0.05, 0) is 25.7 Å². The molecule has 2 heterocycles. The number of nitrogens with zero attached hydrogens (tertiary/aromatic N) is 1. The van der Waals surface area contributed by atoms with Crippen molar-refractivity contribution < 1.29 is 23.1 Å². The molecule has 1 amide bonds. The number of hydrogen-bond acceptors (Lipinski definition) is 4. The van der Waals surface area contributed by atoms with Gasteiger partial charge in [-0.1, -0.05) is 6.42 Å². The van der Waals surface area contributed by atoms with Gasteiger partial charge in [0.2, 0.25) is 5.91 Å². The second kappa shape index (κ2) is 4.87. The Bertz CT molecular complexity index is 458. The Labute approximate surface area is 106 Å². The number of carboxylic acids is 1. The van der Waals surface area contributed by atoms with Crippen LogP contribution in [0, 0.1) is 0 Å². The minimum Gasteiger partial charge on any atom is -0.480 e. The molecule has 2 aliphatic heterocycles. The van der Waals surface area contributed by atoms with Crippen LogP contribution in [-0.2, 0) is 19.4 Å². The molecule has 0 radical (unpaired) electrons. The third kappa shape index (κ3) is 2.36. The van der Waals surface area contributed by atoms with Gasteiger partial charge in [0.15, 0.2) is 9.84 Å². The monoisotopic (exact) mass is 275 g/mol. The Morgan fingerprint density at radius 2 is 1.83 bits per heavy atom. The van der Waals surface area contributed by atoms with Crippen LogP contribution in [0.4, 0.5) is 0 Å². The minimum absolute atomic E-state index is 0.0367. The van der Waals surface area contributed by atoms with E-state index >= 15 is 0 Å². The Morgan fingerprint density at radius 3 is 2.44 bits per heavy atom. The summed E-state index contributed by atoms with van der Waals surface area (Å²) in [6.07, 6.45) is 2.66. The summed E-state index contributed by atoms with van der Waals surface area (Å²) in [5.74, 6) is -1.52. The fraction of sp³-hybridized carbons (Fsp3) is 0.818. The van der Waals surface area contributed by atoms with Gasteiger partial charge in [0.25, 0.3) is 0 Å². The van der Waals surface area contributed by atoms with Crippen molar-refractivity contribution in [1.82, 2.24) is 4.90 Å². The van der Waals surface area contributed by atoms with Crippen molar-refractivity contribution in [3.63, 3.8) is 0 Å². The van der Waals surface area contributed by atoms with Crippen LogP contribution in [0.15, 0.2) is 0 Å². The predicted octanol–water partition coefficient (Wildman–Crippen LogP) is 0.0293. The van der Waals surface area contributed by atoms with Crippen molar-refractivity contribution in [3.05, 3.63) is 0 Å². The number of aliphatic carboxylic acids is 1. The summed E-state index contributed by atoms with van der Waals surface area (Å²) >= 11 is 0. The molecule has 0 aromatic rings. The van der Waals surface area contributed by atoms with Crippen molar-refractivity contribution in [2.75, 3.05) is 12.3 Å². The normalized spacial score (nSPS) is 31.2. The van der Waals surface area contributed by atoms with E-state index in [1.807, 2.05) is 0 Å². The Balaban J connectivity index is 2.18. The summed E-state index contributed by atoms with van der Waals surface area (Å²) in [4.78, 5) is 24.5. The van der Waals surface area contributed by atoms with Gasteiger partial charge in [0.05, 0.1) is 5.75 Å². The Hall–Kier alpha value is -1.11. The van der Waals surface area contributed by atoms with E-state index < -0.39 is 33.0 Å². The number of carbonyl (C=O) groups is 2. The molecule has 2 aliphatic rings. The Morgan fingerprint density at radius 1 is 1.11 bits per heavy atom. The van der Waals surface area contributed by atoms with Crippen molar-refractivity contribution in [3.8, 4) is 0 Å². The third-order valence-corrected chi connectivity index (χ3v) is 5.84. The highest BCUT2D eigenvalue weighted by molar-refractivity contribution is 7.92. The second-order valence-electron chi connectivity index (χ2n) is 4.88. The first-order chi connectivity index (χ1) is 8.43. The molecule has 2 fully saturated rings. The average Bonchev–Trinajstić information content (AvgIpc) is 2.76. The number of carbonyl (C=O) groups excluding carboxylic acids is 1. The quantitative estimate of drug-likeness (QED) is 0.767. The van der Waals surface area contributed by atoms with E-state index in [1.165, 1.54) is 4.90 Å². The molecule has 7 heteroatoms. The summed E-state index contributed by atoms with van der Waals surface area (Å²) in [7, 11) is -3.39. The van der Waals surface area contributed by atoms with Crippen LogP contribution in [0.5, 0.6) is 0 Å². The molecule has 0 aliphatic carbocycles. The van der Waals surface area contributed by atoms with Gasteiger partial charge in [-0.25, -0.2) is 13.2 Å². The van der Waals surface area contributed by atoms with Crippen molar-refractivity contribution in [2.45, 2.75) is 43.4 Å². The molecular weight excluding hydrogens is 258 g/mol. The molecule has 0 aromatic carbocycles. The number of carboxylic acid groups (broad SMARTS) is 1. The molecule has 0 bridgehead atoms. The number of likely N-dealkylation sites (tertiary alicyclic amines) is 1. The van der Waals surface area contributed by atoms with Crippen LogP contribution in [0.2, 0.25) is 0 Å². The second-order valence-corrected chi connectivity index (χ2v) is 7.18. The largest absolute Gasteiger partial charge is 0.480 e. The van der Waals surface area contributed by atoms with Crippen LogP contribution in [0.3, 0.4) is 0 Å². The maximum atomic E-state index is 12.2. The fourth-order valence-electron chi connectivity index (χ4n) is 2.70. The van der Waals surface area contributed by atoms with Gasteiger partial charge in [-0.3, -0.25) is 4.79 Å². The molecule has 0 saturated carbocycles. The van der Waals surface area contributed by atoms with Gasteiger partial charge in [0.1, 0.15) is 11.3 Å².